The van der Waals surface area contributed by atoms with Crippen LogP contribution in [0.25, 0.3) is 0 Å². The number of nitrogens with zero attached hydrogens (tertiary/aromatic N) is 3. The topological polar surface area (TPSA) is 95.8 Å². The predicted molar refractivity (Wildman–Crippen MR) is 133 cm³/mol. The first-order chi connectivity index (χ1) is 16.2. The maximum absolute atomic E-state index is 13.2. The molecular weight excluding hydrogens is 452 g/mol. The normalized spacial score (nSPS) is 14.3. The van der Waals surface area contributed by atoms with Gasteiger partial charge >= 0.3 is 0 Å². The molecule has 0 radical (unpaired) electrons. The quantitative estimate of drug-likeness (QED) is 0.585. The molecule has 1 saturated heterocycles. The molecule has 3 heterocycles. The van der Waals surface area contributed by atoms with Crippen LogP contribution in [0, 0.1) is 6.92 Å². The number of rotatable bonds is 9. The first-order valence-corrected chi connectivity index (χ1v) is 12.7. The van der Waals surface area contributed by atoms with E-state index in [0.29, 0.717) is 36.2 Å². The molecule has 0 spiro atoms. The Hall–Kier alpha value is -2.81. The number of pyridine rings is 1. The first-order valence-electron chi connectivity index (χ1n) is 11.7. The number of amides is 3. The van der Waals surface area contributed by atoms with Gasteiger partial charge in [0.1, 0.15) is 5.76 Å². The molecule has 8 nitrogen and oxygen atoms in total. The van der Waals surface area contributed by atoms with Crippen molar-refractivity contribution in [2.45, 2.75) is 51.3 Å². The lowest BCUT2D eigenvalue weighted by Crippen LogP contribution is -2.44. The molecule has 1 aliphatic rings. The van der Waals surface area contributed by atoms with Gasteiger partial charge in [-0.1, -0.05) is 13.8 Å². The van der Waals surface area contributed by atoms with Gasteiger partial charge in [-0.2, -0.15) is 0 Å². The highest BCUT2D eigenvalue weighted by Gasteiger charge is 2.29. The standard InChI is InChI=1S/C25H34N4O4S/c1-17(2)34-16-22(30)26-14-23(31)29-11-9-19(10-12-29)24-21(8-7-18(3)27-24)25(32)28(4)15-20-6-5-13-33-20/h5-8,13,17,19H,9-12,14-16H2,1-4H3,(H,26,30). The lowest BCUT2D eigenvalue weighted by Gasteiger charge is -2.33. The summed E-state index contributed by atoms with van der Waals surface area (Å²) in [5.41, 5.74) is 2.25. The van der Waals surface area contributed by atoms with E-state index in [4.69, 9.17) is 9.40 Å². The highest BCUT2D eigenvalue weighted by molar-refractivity contribution is 8.00. The van der Waals surface area contributed by atoms with Crippen molar-refractivity contribution in [3.05, 3.63) is 53.2 Å². The number of thioether (sulfide) groups is 1. The van der Waals surface area contributed by atoms with Crippen molar-refractivity contribution in [3.63, 3.8) is 0 Å². The molecule has 1 aliphatic heterocycles. The molecule has 9 heteroatoms. The fourth-order valence-electron chi connectivity index (χ4n) is 3.96. The Morgan fingerprint density at radius 3 is 2.62 bits per heavy atom. The minimum Gasteiger partial charge on any atom is -0.467 e. The third kappa shape index (κ3) is 7.09. The van der Waals surface area contributed by atoms with E-state index in [1.54, 1.807) is 40.9 Å². The number of carbonyl (C=O) groups excluding carboxylic acids is 3. The van der Waals surface area contributed by atoms with E-state index in [0.717, 1.165) is 30.0 Å². The molecule has 3 rings (SSSR count). The number of carbonyl (C=O) groups is 3. The van der Waals surface area contributed by atoms with E-state index in [1.807, 2.05) is 39.0 Å². The van der Waals surface area contributed by atoms with Crippen molar-refractivity contribution >= 4 is 29.5 Å². The SMILES string of the molecule is Cc1ccc(C(=O)N(C)Cc2ccco2)c(C2CCN(C(=O)CNC(=O)CSC(C)C)CC2)n1. The van der Waals surface area contributed by atoms with Crippen LogP contribution in [0.4, 0.5) is 0 Å². The Morgan fingerprint density at radius 2 is 1.97 bits per heavy atom. The summed E-state index contributed by atoms with van der Waals surface area (Å²) in [5, 5.41) is 3.09. The number of aromatic nitrogens is 1. The highest BCUT2D eigenvalue weighted by atomic mass is 32.2. The summed E-state index contributed by atoms with van der Waals surface area (Å²) >= 11 is 1.55. The van der Waals surface area contributed by atoms with Gasteiger partial charge in [0.2, 0.25) is 11.8 Å². The number of hydrogen-bond donors (Lipinski definition) is 1. The monoisotopic (exact) mass is 486 g/mol. The van der Waals surface area contributed by atoms with Crippen LogP contribution >= 0.6 is 11.8 Å². The van der Waals surface area contributed by atoms with Gasteiger partial charge in [-0.05, 0) is 49.3 Å². The molecule has 2 aromatic heterocycles. The molecule has 34 heavy (non-hydrogen) atoms. The fourth-order valence-corrected chi connectivity index (χ4v) is 4.55. The average molecular weight is 487 g/mol. The predicted octanol–water partition coefficient (Wildman–Crippen LogP) is 3.22. The minimum atomic E-state index is -0.118. The molecule has 0 aromatic carbocycles. The van der Waals surface area contributed by atoms with E-state index < -0.39 is 0 Å². The van der Waals surface area contributed by atoms with Crippen LogP contribution in [-0.4, -0.2) is 70.2 Å². The summed E-state index contributed by atoms with van der Waals surface area (Å²) in [7, 11) is 1.75. The number of piperidine rings is 1. The Morgan fingerprint density at radius 1 is 1.24 bits per heavy atom. The van der Waals surface area contributed by atoms with Crippen LogP contribution in [-0.2, 0) is 16.1 Å². The lowest BCUT2D eigenvalue weighted by molar-refractivity contribution is -0.133. The van der Waals surface area contributed by atoms with Crippen molar-refractivity contribution in [1.82, 2.24) is 20.1 Å². The van der Waals surface area contributed by atoms with E-state index in [1.165, 1.54) is 0 Å². The van der Waals surface area contributed by atoms with E-state index >= 15 is 0 Å². The van der Waals surface area contributed by atoms with Gasteiger partial charge in [0.25, 0.3) is 5.91 Å². The van der Waals surface area contributed by atoms with Gasteiger partial charge in [-0.3, -0.25) is 19.4 Å². The molecule has 184 valence electrons. The first kappa shape index (κ1) is 25.8. The van der Waals surface area contributed by atoms with Crippen LogP contribution in [0.3, 0.4) is 0 Å². The summed E-state index contributed by atoms with van der Waals surface area (Å²) in [6.07, 6.45) is 3.04. The third-order valence-electron chi connectivity index (χ3n) is 5.83. The maximum atomic E-state index is 13.2. The second kappa shape index (κ2) is 12.1. The van der Waals surface area contributed by atoms with Crippen LogP contribution in [0.5, 0.6) is 0 Å². The van der Waals surface area contributed by atoms with Crippen LogP contribution in [0.1, 0.15) is 60.1 Å². The zero-order valence-corrected chi connectivity index (χ0v) is 21.2. The van der Waals surface area contributed by atoms with Crippen LogP contribution < -0.4 is 5.32 Å². The lowest BCUT2D eigenvalue weighted by atomic mass is 9.89. The Bertz CT molecular complexity index is 985. The molecule has 1 N–H and O–H groups in total. The number of hydrogen-bond acceptors (Lipinski definition) is 6. The summed E-state index contributed by atoms with van der Waals surface area (Å²) in [6.45, 7) is 7.54. The molecule has 0 atom stereocenters. The van der Waals surface area contributed by atoms with E-state index in [2.05, 4.69) is 5.32 Å². The van der Waals surface area contributed by atoms with Gasteiger partial charge in [0.15, 0.2) is 0 Å². The van der Waals surface area contributed by atoms with Crippen molar-refractivity contribution in [2.75, 3.05) is 32.4 Å². The number of nitrogens with one attached hydrogen (secondary N) is 1. The Balaban J connectivity index is 1.58. The molecular formula is C25H34N4O4S. The Kier molecular flexibility index (Phi) is 9.15. The van der Waals surface area contributed by atoms with Crippen molar-refractivity contribution in [1.29, 1.82) is 0 Å². The van der Waals surface area contributed by atoms with Gasteiger partial charge < -0.3 is 19.5 Å². The van der Waals surface area contributed by atoms with Gasteiger partial charge in [0, 0.05) is 31.7 Å². The maximum Gasteiger partial charge on any atom is 0.255 e. The summed E-state index contributed by atoms with van der Waals surface area (Å²) in [5.74, 6) is 0.883. The van der Waals surface area contributed by atoms with Crippen LogP contribution in [0.15, 0.2) is 34.9 Å². The molecule has 0 saturated carbocycles. The molecule has 1 fully saturated rings. The fraction of sp³-hybridized carbons (Fsp3) is 0.520. The molecule has 0 unspecified atom stereocenters. The summed E-state index contributed by atoms with van der Waals surface area (Å²) in [6, 6.07) is 7.35. The molecule has 2 aromatic rings. The highest BCUT2D eigenvalue weighted by Crippen LogP contribution is 2.30. The van der Waals surface area contributed by atoms with Gasteiger partial charge in [-0.15, -0.1) is 11.8 Å². The van der Waals surface area contributed by atoms with Crippen LogP contribution in [0.2, 0.25) is 0 Å². The van der Waals surface area contributed by atoms with Crippen molar-refractivity contribution in [2.24, 2.45) is 0 Å². The smallest absolute Gasteiger partial charge is 0.255 e. The van der Waals surface area contributed by atoms with E-state index in [-0.39, 0.29) is 30.2 Å². The van der Waals surface area contributed by atoms with Gasteiger partial charge in [-0.25, -0.2) is 0 Å². The minimum absolute atomic E-state index is 0.0200. The zero-order valence-electron chi connectivity index (χ0n) is 20.4. The average Bonchev–Trinajstić information content (AvgIpc) is 3.33. The number of aryl methyl sites for hydroxylation is 1. The Labute approximate surface area is 205 Å². The molecule has 3 amide bonds. The zero-order chi connectivity index (χ0) is 24.7. The second-order valence-electron chi connectivity index (χ2n) is 8.92. The largest absolute Gasteiger partial charge is 0.467 e. The second-order valence-corrected chi connectivity index (χ2v) is 10.5. The number of likely N-dealkylation sites (tertiary alicyclic amines) is 1. The molecule has 0 bridgehead atoms. The third-order valence-corrected chi connectivity index (χ3v) is 6.93. The summed E-state index contributed by atoms with van der Waals surface area (Å²) < 4.78 is 5.37. The van der Waals surface area contributed by atoms with Gasteiger partial charge in [0.05, 0.1) is 36.4 Å². The molecule has 0 aliphatic carbocycles. The van der Waals surface area contributed by atoms with Crippen molar-refractivity contribution < 1.29 is 18.8 Å². The van der Waals surface area contributed by atoms with Crippen molar-refractivity contribution in [3.8, 4) is 0 Å². The van der Waals surface area contributed by atoms with E-state index in [9.17, 15) is 14.4 Å². The summed E-state index contributed by atoms with van der Waals surface area (Å²) in [4.78, 5) is 45.8. The number of furan rings is 1.